The van der Waals surface area contributed by atoms with Gasteiger partial charge in [0.05, 0.1) is 32.0 Å². The fraction of sp³-hybridized carbons (Fsp3) is 0.476. The molecular formula is C21H23FN8O12P2. The van der Waals surface area contributed by atoms with E-state index >= 15 is 0 Å². The van der Waals surface area contributed by atoms with E-state index < -0.39 is 82.7 Å². The van der Waals surface area contributed by atoms with Gasteiger partial charge in [0, 0.05) is 19.0 Å². The number of aromatic amines is 2. The molecule has 7 rings (SSSR count). The second-order valence-corrected chi connectivity index (χ2v) is 13.0. The first-order valence-corrected chi connectivity index (χ1v) is 15.9. The normalized spacial score (nSPS) is 34.9. The molecule has 2 unspecified atom stereocenters. The second-order valence-electron chi connectivity index (χ2n) is 10.2. The molecule has 2 bridgehead atoms. The number of rotatable bonds is 2. The molecule has 0 aromatic carbocycles. The topological polar surface area (TPSA) is 270 Å². The fourth-order valence-corrected chi connectivity index (χ4v) is 7.35. The first-order chi connectivity index (χ1) is 20.9. The number of nitrogens with zero attached hydrogens (tertiary/aromatic N) is 5. The standard InChI is InChI=1S/C21H23FN8O12P2/c22-9-3-29(16-14(9)18(31)25-6-24-16)20-11-1-8(39-20)4-37-43(33,34)41-10-2-13(40-12(10)5-38-44(35,36)42-11)30-7-26-15-17(30)27-21(23)28-19(15)32/h3,6-8,10-13,20H,1-2,4-5H2,(H,33,34)(H,35,36)(H,24,25,31)(H3,23,27,28,32)/t8-,10-,11+,12+,13+,20+/m0/s1. The number of hydrogen-bond donors (Lipinski definition) is 5. The second kappa shape index (κ2) is 10.6. The number of phosphoric acid groups is 2. The molecular weight excluding hydrogens is 637 g/mol. The Hall–Kier alpha value is -3.36. The zero-order chi connectivity index (χ0) is 31.0. The van der Waals surface area contributed by atoms with Crippen molar-refractivity contribution < 1.29 is 50.9 Å². The predicted octanol–water partition coefficient (Wildman–Crippen LogP) is 0.172. The van der Waals surface area contributed by atoms with Crippen LogP contribution >= 0.6 is 15.6 Å². The Morgan fingerprint density at radius 2 is 1.70 bits per heavy atom. The lowest BCUT2D eigenvalue weighted by Gasteiger charge is -2.25. The van der Waals surface area contributed by atoms with Crippen LogP contribution in [-0.2, 0) is 36.7 Å². The van der Waals surface area contributed by atoms with Crippen molar-refractivity contribution in [3.63, 3.8) is 0 Å². The van der Waals surface area contributed by atoms with Crippen LogP contribution in [0.3, 0.4) is 0 Å². The van der Waals surface area contributed by atoms with Gasteiger partial charge in [-0.15, -0.1) is 0 Å². The first kappa shape index (κ1) is 29.4. The van der Waals surface area contributed by atoms with Gasteiger partial charge >= 0.3 is 15.6 Å². The number of halogens is 1. The summed E-state index contributed by atoms with van der Waals surface area (Å²) in [5, 5.41) is -0.382. The van der Waals surface area contributed by atoms with Crippen LogP contribution in [0.4, 0.5) is 10.3 Å². The fourth-order valence-electron chi connectivity index (χ4n) is 5.44. The first-order valence-electron chi connectivity index (χ1n) is 13.0. The molecule has 0 spiro atoms. The van der Waals surface area contributed by atoms with Crippen molar-refractivity contribution in [2.45, 2.75) is 49.7 Å². The van der Waals surface area contributed by atoms with E-state index in [1.54, 1.807) is 0 Å². The largest absolute Gasteiger partial charge is 0.472 e. The number of anilines is 1. The Kier molecular flexibility index (Phi) is 7.09. The van der Waals surface area contributed by atoms with Gasteiger partial charge in [-0.05, 0) is 0 Å². The highest BCUT2D eigenvalue weighted by Gasteiger charge is 2.47. The molecule has 4 aromatic heterocycles. The number of nitrogens with one attached hydrogen (secondary N) is 2. The smallest absolute Gasteiger partial charge is 0.369 e. The third-order valence-electron chi connectivity index (χ3n) is 7.29. The van der Waals surface area contributed by atoms with Crippen LogP contribution in [0.5, 0.6) is 0 Å². The van der Waals surface area contributed by atoms with Crippen LogP contribution in [0, 0.1) is 5.82 Å². The van der Waals surface area contributed by atoms with Crippen LogP contribution in [0.1, 0.15) is 25.3 Å². The predicted molar refractivity (Wildman–Crippen MR) is 141 cm³/mol. The lowest BCUT2D eigenvalue weighted by molar-refractivity contribution is -0.0667. The molecule has 0 saturated carbocycles. The molecule has 23 heteroatoms. The number of fused-ring (bicyclic) bond motifs is 5. The average Bonchev–Trinajstić information content (AvgIpc) is 3.71. The maximum absolute atomic E-state index is 14.7. The number of aromatic nitrogens is 7. The Labute approximate surface area is 243 Å². The minimum absolute atomic E-state index is 0.0493. The molecule has 3 fully saturated rings. The molecule has 0 radical (unpaired) electrons. The van der Waals surface area contributed by atoms with Crippen molar-refractivity contribution in [1.29, 1.82) is 0 Å². The van der Waals surface area contributed by atoms with Crippen molar-refractivity contribution >= 4 is 43.8 Å². The summed E-state index contributed by atoms with van der Waals surface area (Å²) < 4.78 is 76.2. The number of hydrogen-bond acceptors (Lipinski definition) is 14. The molecule has 236 valence electrons. The van der Waals surface area contributed by atoms with Gasteiger partial charge in [-0.1, -0.05) is 0 Å². The zero-order valence-electron chi connectivity index (χ0n) is 22.1. The highest BCUT2D eigenvalue weighted by Crippen LogP contribution is 2.53. The van der Waals surface area contributed by atoms with Gasteiger partial charge in [0.1, 0.15) is 29.9 Å². The summed E-state index contributed by atoms with van der Waals surface area (Å²) in [5.74, 6) is -1.13. The summed E-state index contributed by atoms with van der Waals surface area (Å²) in [6.45, 7) is -1.21. The van der Waals surface area contributed by atoms with Gasteiger partial charge in [-0.2, -0.15) is 4.98 Å². The molecule has 6 N–H and O–H groups in total. The van der Waals surface area contributed by atoms with Crippen LogP contribution < -0.4 is 16.9 Å². The van der Waals surface area contributed by atoms with E-state index in [1.807, 2.05) is 0 Å². The number of imidazole rings is 1. The third-order valence-corrected chi connectivity index (χ3v) is 9.32. The van der Waals surface area contributed by atoms with Crippen LogP contribution in [0.25, 0.3) is 22.2 Å². The SMILES string of the molecule is Nc1nc2c(ncn2[C@H]2C[C@@H]3OP(=O)(O)OC[C@@H]4C[C@@H](OP(=O)(O)OC[C@H]3O2)[C@H](n2cc(F)c3c(=O)[nH]cnc32)O4)c(=O)[nH]1. The summed E-state index contributed by atoms with van der Waals surface area (Å²) in [5.41, 5.74) is 4.15. The van der Waals surface area contributed by atoms with Gasteiger partial charge in [-0.25, -0.2) is 23.5 Å². The van der Waals surface area contributed by atoms with Gasteiger partial charge < -0.3 is 34.5 Å². The minimum Gasteiger partial charge on any atom is -0.369 e. The third kappa shape index (κ3) is 5.30. The summed E-state index contributed by atoms with van der Waals surface area (Å²) >= 11 is 0. The summed E-state index contributed by atoms with van der Waals surface area (Å²) in [7, 11) is -9.72. The lowest BCUT2D eigenvalue weighted by atomic mass is 10.2. The van der Waals surface area contributed by atoms with Crippen LogP contribution in [-0.4, -0.2) is 81.5 Å². The van der Waals surface area contributed by atoms with Gasteiger partial charge in [0.2, 0.25) is 5.95 Å². The van der Waals surface area contributed by atoms with Gasteiger partial charge in [-0.3, -0.25) is 37.2 Å². The van der Waals surface area contributed by atoms with E-state index in [4.69, 9.17) is 33.3 Å². The van der Waals surface area contributed by atoms with E-state index in [0.717, 1.165) is 17.1 Å². The molecule has 8 atom stereocenters. The van der Waals surface area contributed by atoms with Crippen LogP contribution in [0.2, 0.25) is 0 Å². The summed E-state index contributed by atoms with van der Waals surface area (Å²) in [4.78, 5) is 62.2. The van der Waals surface area contributed by atoms with E-state index in [2.05, 4.69) is 24.9 Å². The molecule has 3 saturated heterocycles. The van der Waals surface area contributed by atoms with E-state index in [-0.39, 0.29) is 41.0 Å². The average molecular weight is 660 g/mol. The quantitative estimate of drug-likeness (QED) is 0.179. The molecule has 0 aliphatic carbocycles. The number of H-pyrrole nitrogens is 2. The number of ether oxygens (including phenoxy) is 2. The Morgan fingerprint density at radius 1 is 0.955 bits per heavy atom. The molecule has 4 aromatic rings. The number of nitrogens with two attached hydrogens (primary N) is 1. The number of nitrogen functional groups attached to an aromatic ring is 1. The zero-order valence-corrected chi connectivity index (χ0v) is 23.9. The molecule has 7 heterocycles. The van der Waals surface area contributed by atoms with E-state index in [1.165, 1.54) is 10.9 Å². The lowest BCUT2D eigenvalue weighted by Crippen LogP contribution is -2.29. The monoisotopic (exact) mass is 660 g/mol. The van der Waals surface area contributed by atoms with Gasteiger partial charge in [0.25, 0.3) is 11.1 Å². The molecule has 3 aliphatic rings. The van der Waals surface area contributed by atoms with Crippen molar-refractivity contribution in [2.24, 2.45) is 0 Å². The maximum atomic E-state index is 14.7. The van der Waals surface area contributed by atoms with Crippen LogP contribution in [0.15, 0.2) is 28.4 Å². The Balaban J connectivity index is 1.18. The van der Waals surface area contributed by atoms with Gasteiger partial charge in [0.15, 0.2) is 28.9 Å². The van der Waals surface area contributed by atoms with E-state index in [0.29, 0.717) is 0 Å². The minimum atomic E-state index is -4.91. The summed E-state index contributed by atoms with van der Waals surface area (Å²) in [6.07, 6.45) is -4.18. The van der Waals surface area contributed by atoms with Crippen molar-refractivity contribution in [3.8, 4) is 0 Å². The van der Waals surface area contributed by atoms with E-state index in [9.17, 15) is 32.9 Å². The highest BCUT2D eigenvalue weighted by atomic mass is 31.2. The van der Waals surface area contributed by atoms with Crippen molar-refractivity contribution in [1.82, 2.24) is 34.1 Å². The van der Waals surface area contributed by atoms with Crippen molar-refractivity contribution in [2.75, 3.05) is 18.9 Å². The maximum Gasteiger partial charge on any atom is 0.472 e. The molecule has 44 heavy (non-hydrogen) atoms. The summed E-state index contributed by atoms with van der Waals surface area (Å²) in [6, 6.07) is 0. The van der Waals surface area contributed by atoms with Crippen molar-refractivity contribution in [3.05, 3.63) is 45.4 Å². The molecule has 3 aliphatic heterocycles. The number of phosphoric ester groups is 2. The Morgan fingerprint density at radius 3 is 2.50 bits per heavy atom. The molecule has 20 nitrogen and oxygen atoms in total. The highest BCUT2D eigenvalue weighted by molar-refractivity contribution is 7.47. The molecule has 0 amide bonds. The Bertz CT molecular complexity index is 1980.